The average Bonchev–Trinajstić information content (AvgIpc) is 2.19. The van der Waals surface area contributed by atoms with Crippen molar-refractivity contribution in [1.29, 1.82) is 0 Å². The second-order valence-electron chi connectivity index (χ2n) is 3.50. The summed E-state index contributed by atoms with van der Waals surface area (Å²) in [6.45, 7) is 2.33. The minimum Gasteiger partial charge on any atom is -0.396 e. The van der Waals surface area contributed by atoms with Crippen LogP contribution in [0.1, 0.15) is 38.5 Å². The van der Waals surface area contributed by atoms with Gasteiger partial charge in [-0.3, -0.25) is 4.99 Å². The minimum absolute atomic E-state index is 0.320. The summed E-state index contributed by atoms with van der Waals surface area (Å²) in [6, 6.07) is 0. The Kier molecular flexibility index (Phi) is 5.57. The second-order valence-corrected chi connectivity index (χ2v) is 3.50. The number of nitrogens with one attached hydrogen (secondary N) is 1. The van der Waals surface area contributed by atoms with Gasteiger partial charge in [0.1, 0.15) is 0 Å². The number of hydrogen-bond donors (Lipinski definition) is 2. The van der Waals surface area contributed by atoms with Gasteiger partial charge in [-0.25, -0.2) is 0 Å². The van der Waals surface area contributed by atoms with Crippen molar-refractivity contribution in [3.05, 3.63) is 0 Å². The van der Waals surface area contributed by atoms with E-state index in [0.29, 0.717) is 6.61 Å². The molecule has 0 radical (unpaired) electrons. The smallest absolute Gasteiger partial charge is 0.0963 e. The summed E-state index contributed by atoms with van der Waals surface area (Å²) in [4.78, 5) is 4.40. The number of aliphatic imine (C=N–C) groups is 1. The lowest BCUT2D eigenvalue weighted by molar-refractivity contribution is 0.283. The average molecular weight is 184 g/mol. The van der Waals surface area contributed by atoms with Crippen LogP contribution in [0.25, 0.3) is 0 Å². The largest absolute Gasteiger partial charge is 0.396 e. The zero-order valence-corrected chi connectivity index (χ0v) is 8.26. The molecule has 1 rings (SSSR count). The number of aliphatic hydroxyl groups excluding tert-OH is 1. The van der Waals surface area contributed by atoms with Gasteiger partial charge in [-0.15, -0.1) is 0 Å². The summed E-state index contributed by atoms with van der Waals surface area (Å²) >= 11 is 0. The van der Waals surface area contributed by atoms with E-state index < -0.39 is 0 Å². The molecule has 0 aliphatic carbocycles. The van der Waals surface area contributed by atoms with Gasteiger partial charge in [0, 0.05) is 26.1 Å². The Morgan fingerprint density at radius 2 is 2.15 bits per heavy atom. The van der Waals surface area contributed by atoms with E-state index in [1.807, 2.05) is 0 Å². The molecular weight excluding hydrogens is 164 g/mol. The predicted octanol–water partition coefficient (Wildman–Crippen LogP) is 1.32. The van der Waals surface area contributed by atoms with Crippen molar-refractivity contribution in [2.24, 2.45) is 4.99 Å². The fourth-order valence-corrected chi connectivity index (χ4v) is 1.49. The first-order valence-electron chi connectivity index (χ1n) is 5.31. The van der Waals surface area contributed by atoms with Crippen LogP contribution in [0.5, 0.6) is 0 Å². The van der Waals surface area contributed by atoms with Crippen LogP contribution >= 0.6 is 0 Å². The van der Waals surface area contributed by atoms with Gasteiger partial charge >= 0.3 is 0 Å². The van der Waals surface area contributed by atoms with E-state index in [9.17, 15) is 0 Å². The quantitative estimate of drug-likeness (QED) is 0.633. The maximum absolute atomic E-state index is 8.57. The maximum atomic E-state index is 8.57. The molecule has 2 N–H and O–H groups in total. The molecular formula is C10H20N2O. The Hall–Kier alpha value is -0.570. The van der Waals surface area contributed by atoms with Crippen molar-refractivity contribution in [2.75, 3.05) is 19.7 Å². The molecule has 0 amide bonds. The molecule has 0 unspecified atom stereocenters. The molecule has 0 atom stereocenters. The van der Waals surface area contributed by atoms with Crippen molar-refractivity contribution < 1.29 is 5.11 Å². The van der Waals surface area contributed by atoms with Crippen LogP contribution < -0.4 is 5.32 Å². The lowest BCUT2D eigenvalue weighted by atomic mass is 10.2. The van der Waals surface area contributed by atoms with Gasteiger partial charge in [0.05, 0.1) is 5.84 Å². The Balaban J connectivity index is 1.95. The van der Waals surface area contributed by atoms with E-state index in [4.69, 9.17) is 5.11 Å². The number of nitrogens with zero attached hydrogens (tertiary/aromatic N) is 1. The summed E-state index contributed by atoms with van der Waals surface area (Å²) in [6.07, 6.45) is 6.82. The van der Waals surface area contributed by atoms with Crippen LogP contribution in [-0.2, 0) is 0 Å². The Labute approximate surface area is 80.3 Å². The van der Waals surface area contributed by atoms with Gasteiger partial charge in [-0.1, -0.05) is 0 Å². The molecule has 1 aliphatic rings. The Bertz CT molecular complexity index is 157. The first-order chi connectivity index (χ1) is 6.43. The molecule has 3 heteroatoms. The SMILES string of the molecule is OCCCCCNC1=NCCCC1. The standard InChI is InChI=1S/C10H20N2O/c13-9-5-1-3-7-11-10-6-2-4-8-12-10/h13H,1-9H2,(H,11,12). The van der Waals surface area contributed by atoms with Crippen LogP contribution in [-0.4, -0.2) is 30.6 Å². The Morgan fingerprint density at radius 3 is 2.85 bits per heavy atom. The van der Waals surface area contributed by atoms with Gasteiger partial charge in [-0.05, 0) is 32.1 Å². The van der Waals surface area contributed by atoms with E-state index in [2.05, 4.69) is 10.3 Å². The molecule has 0 spiro atoms. The number of aliphatic hydroxyl groups is 1. The summed E-state index contributed by atoms with van der Waals surface area (Å²) in [5.74, 6) is 1.19. The Morgan fingerprint density at radius 1 is 1.23 bits per heavy atom. The van der Waals surface area contributed by atoms with E-state index in [1.165, 1.54) is 18.7 Å². The molecule has 0 bridgehead atoms. The van der Waals surface area contributed by atoms with Crippen LogP contribution in [0.4, 0.5) is 0 Å². The summed E-state index contributed by atoms with van der Waals surface area (Å²) in [5, 5.41) is 11.9. The predicted molar refractivity (Wildman–Crippen MR) is 55.1 cm³/mol. The first-order valence-corrected chi connectivity index (χ1v) is 5.31. The molecule has 1 aliphatic heterocycles. The molecule has 0 aromatic rings. The summed E-state index contributed by atoms with van der Waals surface area (Å²) in [7, 11) is 0. The van der Waals surface area contributed by atoms with Crippen LogP contribution in [0.15, 0.2) is 4.99 Å². The molecule has 3 nitrogen and oxygen atoms in total. The lowest BCUT2D eigenvalue weighted by Crippen LogP contribution is -2.26. The number of amidine groups is 1. The molecule has 0 aromatic carbocycles. The van der Waals surface area contributed by atoms with E-state index >= 15 is 0 Å². The second kappa shape index (κ2) is 6.89. The van der Waals surface area contributed by atoms with Gasteiger partial charge in [0.15, 0.2) is 0 Å². The van der Waals surface area contributed by atoms with Crippen molar-refractivity contribution in [1.82, 2.24) is 5.32 Å². The minimum atomic E-state index is 0.320. The van der Waals surface area contributed by atoms with E-state index in [1.54, 1.807) is 0 Å². The van der Waals surface area contributed by atoms with E-state index in [0.717, 1.165) is 38.8 Å². The van der Waals surface area contributed by atoms with Crippen molar-refractivity contribution in [3.8, 4) is 0 Å². The molecule has 1 heterocycles. The van der Waals surface area contributed by atoms with Crippen LogP contribution in [0.2, 0.25) is 0 Å². The van der Waals surface area contributed by atoms with Gasteiger partial charge in [-0.2, -0.15) is 0 Å². The maximum Gasteiger partial charge on any atom is 0.0963 e. The normalized spacial score (nSPS) is 16.8. The summed E-state index contributed by atoms with van der Waals surface area (Å²) in [5.41, 5.74) is 0. The van der Waals surface area contributed by atoms with Crippen molar-refractivity contribution in [3.63, 3.8) is 0 Å². The summed E-state index contributed by atoms with van der Waals surface area (Å²) < 4.78 is 0. The molecule has 0 fully saturated rings. The number of hydrogen-bond acceptors (Lipinski definition) is 3. The molecule has 76 valence electrons. The fourth-order valence-electron chi connectivity index (χ4n) is 1.49. The fraction of sp³-hybridized carbons (Fsp3) is 0.900. The zero-order chi connectivity index (χ0) is 9.36. The lowest BCUT2D eigenvalue weighted by Gasteiger charge is -2.13. The number of unbranched alkanes of at least 4 members (excludes halogenated alkanes) is 2. The molecule has 13 heavy (non-hydrogen) atoms. The zero-order valence-electron chi connectivity index (χ0n) is 8.26. The van der Waals surface area contributed by atoms with Crippen LogP contribution in [0.3, 0.4) is 0 Å². The molecule has 0 saturated heterocycles. The van der Waals surface area contributed by atoms with Gasteiger partial charge in [0.2, 0.25) is 0 Å². The highest BCUT2D eigenvalue weighted by Gasteiger charge is 2.02. The molecule has 0 aromatic heterocycles. The highest BCUT2D eigenvalue weighted by molar-refractivity contribution is 5.82. The highest BCUT2D eigenvalue weighted by Crippen LogP contribution is 2.04. The topological polar surface area (TPSA) is 44.6 Å². The van der Waals surface area contributed by atoms with Gasteiger partial charge in [0.25, 0.3) is 0 Å². The first kappa shape index (κ1) is 10.5. The third-order valence-electron chi connectivity index (χ3n) is 2.29. The van der Waals surface area contributed by atoms with Crippen LogP contribution in [0, 0.1) is 0 Å². The van der Waals surface area contributed by atoms with Gasteiger partial charge < -0.3 is 10.4 Å². The van der Waals surface area contributed by atoms with Crippen molar-refractivity contribution in [2.45, 2.75) is 38.5 Å². The van der Waals surface area contributed by atoms with Crippen molar-refractivity contribution >= 4 is 5.84 Å². The molecule has 0 saturated carbocycles. The van der Waals surface area contributed by atoms with E-state index in [-0.39, 0.29) is 0 Å². The third-order valence-corrected chi connectivity index (χ3v) is 2.29. The highest BCUT2D eigenvalue weighted by atomic mass is 16.2. The third kappa shape index (κ3) is 4.88. The number of rotatable bonds is 5. The monoisotopic (exact) mass is 184 g/mol.